The van der Waals surface area contributed by atoms with Crippen molar-refractivity contribution in [1.29, 1.82) is 0 Å². The molecule has 3 N–H and O–H groups in total. The zero-order valence-corrected chi connectivity index (χ0v) is 26.8. The van der Waals surface area contributed by atoms with Crippen molar-refractivity contribution in [3.05, 3.63) is 141 Å². The monoisotopic (exact) mass is 653 g/mol. The Bertz CT molecular complexity index is 2070. The molecule has 0 bridgehead atoms. The van der Waals surface area contributed by atoms with Gasteiger partial charge in [0.25, 0.3) is 15.7 Å². The zero-order chi connectivity index (χ0) is 33.6. The molecular formula is C36H35N3O7S. The number of hydrogen-bond donors (Lipinski definition) is 3. The molecule has 47 heavy (non-hydrogen) atoms. The molecular weight excluding hydrogens is 618 g/mol. The van der Waals surface area contributed by atoms with Gasteiger partial charge in [0.15, 0.2) is 0 Å². The minimum Gasteiger partial charge on any atom is -0.497 e. The molecule has 0 saturated carbocycles. The number of carbonyl (C=O) groups excluding carboxylic acids is 2. The van der Waals surface area contributed by atoms with Crippen molar-refractivity contribution >= 4 is 38.4 Å². The van der Waals surface area contributed by atoms with Gasteiger partial charge in [-0.05, 0) is 63.7 Å². The van der Waals surface area contributed by atoms with Crippen LogP contribution in [0.1, 0.15) is 27.8 Å². The summed E-state index contributed by atoms with van der Waals surface area (Å²) < 4.78 is 38.5. The van der Waals surface area contributed by atoms with Gasteiger partial charge in [0.2, 0.25) is 11.8 Å². The van der Waals surface area contributed by atoms with Gasteiger partial charge in [0, 0.05) is 12.6 Å². The molecule has 2 amide bonds. The lowest BCUT2D eigenvalue weighted by Gasteiger charge is -2.20. The van der Waals surface area contributed by atoms with Gasteiger partial charge in [-0.15, -0.1) is 0 Å². The van der Waals surface area contributed by atoms with Crippen LogP contribution in [0.5, 0.6) is 5.75 Å². The van der Waals surface area contributed by atoms with E-state index < -0.39 is 33.4 Å². The number of nitrogens with one attached hydrogen (secondary N) is 2. The van der Waals surface area contributed by atoms with Crippen LogP contribution < -0.4 is 20.9 Å². The van der Waals surface area contributed by atoms with E-state index in [0.29, 0.717) is 22.4 Å². The Kier molecular flexibility index (Phi) is 10.2. The highest BCUT2D eigenvalue weighted by Gasteiger charge is 2.24. The van der Waals surface area contributed by atoms with Gasteiger partial charge in [-0.1, -0.05) is 78.9 Å². The van der Waals surface area contributed by atoms with Crippen molar-refractivity contribution in [2.45, 2.75) is 38.1 Å². The van der Waals surface area contributed by atoms with Gasteiger partial charge in [-0.2, -0.15) is 8.42 Å². The van der Waals surface area contributed by atoms with E-state index in [0.717, 1.165) is 21.9 Å². The Hall–Kier alpha value is -5.26. The van der Waals surface area contributed by atoms with E-state index in [1.165, 1.54) is 16.7 Å². The number of pyridine rings is 1. The number of benzene rings is 4. The third-order valence-corrected chi connectivity index (χ3v) is 8.53. The number of rotatable bonds is 12. The molecule has 0 spiro atoms. The molecule has 0 radical (unpaired) electrons. The highest BCUT2D eigenvalue weighted by molar-refractivity contribution is 7.85. The molecule has 0 aliphatic carbocycles. The number of methoxy groups -OCH3 is 1. The zero-order valence-electron chi connectivity index (χ0n) is 26.0. The molecule has 11 heteroatoms. The largest absolute Gasteiger partial charge is 0.497 e. The fourth-order valence-electron chi connectivity index (χ4n) is 5.37. The fraction of sp³-hybridized carbons (Fsp3) is 0.194. The first kappa shape index (κ1) is 33.1. The smallest absolute Gasteiger partial charge is 0.274 e. The van der Waals surface area contributed by atoms with Gasteiger partial charge < -0.3 is 19.9 Å². The molecule has 242 valence electrons. The number of ether oxygens (including phenoxy) is 1. The summed E-state index contributed by atoms with van der Waals surface area (Å²) in [7, 11) is -2.64. The number of anilines is 1. The second-order valence-corrected chi connectivity index (χ2v) is 12.8. The minimum atomic E-state index is -4.22. The second-order valence-electron chi connectivity index (χ2n) is 11.3. The predicted molar refractivity (Wildman–Crippen MR) is 181 cm³/mol. The fourth-order valence-corrected chi connectivity index (χ4v) is 5.99. The number of nitrogens with zero attached hydrogens (tertiary/aromatic N) is 1. The predicted octanol–water partition coefficient (Wildman–Crippen LogP) is 4.66. The molecule has 4 aromatic carbocycles. The van der Waals surface area contributed by atoms with Crippen molar-refractivity contribution in [2.24, 2.45) is 0 Å². The summed E-state index contributed by atoms with van der Waals surface area (Å²) in [4.78, 5) is 40.8. The normalized spacial score (nSPS) is 12.0. The number of amides is 2. The highest BCUT2D eigenvalue weighted by atomic mass is 32.2. The molecule has 0 saturated heterocycles. The number of carbonyl (C=O) groups is 2. The van der Waals surface area contributed by atoms with E-state index in [9.17, 15) is 27.4 Å². The van der Waals surface area contributed by atoms with Crippen LogP contribution in [0.2, 0.25) is 0 Å². The standard InChI is InChI=1S/C36H35N3O7S/c1-24-18-19-39(22-26-14-16-30(46-2)17-15-26)36(42)34(24)38-35(41)32(20-25-10-12-27(13-11-25)23-47(43,44)45)37-33(40)21-29-8-5-7-28-6-3-4-9-31(28)29/h3-19,32H,20-23H2,1-2H3,(H,37,40)(H,38,41)(H,43,44,45). The summed E-state index contributed by atoms with van der Waals surface area (Å²) in [5.74, 6) is -0.818. The summed E-state index contributed by atoms with van der Waals surface area (Å²) in [5, 5.41) is 7.53. The lowest BCUT2D eigenvalue weighted by atomic mass is 10.0. The van der Waals surface area contributed by atoms with Crippen LogP contribution in [0.25, 0.3) is 10.8 Å². The summed E-state index contributed by atoms with van der Waals surface area (Å²) in [6, 6.07) is 27.7. The molecule has 0 aliphatic rings. The molecule has 5 rings (SSSR count). The molecule has 0 fully saturated rings. The maximum atomic E-state index is 13.8. The van der Waals surface area contributed by atoms with Crippen molar-refractivity contribution < 1.29 is 27.3 Å². The first-order valence-electron chi connectivity index (χ1n) is 14.9. The Morgan fingerprint density at radius 2 is 1.53 bits per heavy atom. The summed E-state index contributed by atoms with van der Waals surface area (Å²) in [6.07, 6.45) is 1.75. The third kappa shape index (κ3) is 8.72. The van der Waals surface area contributed by atoms with Gasteiger partial charge in [0.05, 0.1) is 20.1 Å². The van der Waals surface area contributed by atoms with Crippen LogP contribution in [-0.2, 0) is 44.8 Å². The molecule has 1 unspecified atom stereocenters. The molecule has 1 aromatic heterocycles. The minimum absolute atomic E-state index is 0.0253. The van der Waals surface area contributed by atoms with Crippen molar-refractivity contribution in [2.75, 3.05) is 12.4 Å². The van der Waals surface area contributed by atoms with Crippen molar-refractivity contribution in [3.63, 3.8) is 0 Å². The van der Waals surface area contributed by atoms with E-state index in [1.54, 1.807) is 50.6 Å². The van der Waals surface area contributed by atoms with Crippen LogP contribution in [0.15, 0.2) is 108 Å². The van der Waals surface area contributed by atoms with Crippen molar-refractivity contribution in [1.82, 2.24) is 9.88 Å². The Balaban J connectivity index is 1.39. The first-order valence-corrected chi connectivity index (χ1v) is 16.5. The van der Waals surface area contributed by atoms with Gasteiger partial charge in [0.1, 0.15) is 23.2 Å². The lowest BCUT2D eigenvalue weighted by Crippen LogP contribution is -2.46. The van der Waals surface area contributed by atoms with Gasteiger partial charge >= 0.3 is 0 Å². The van der Waals surface area contributed by atoms with Crippen LogP contribution >= 0.6 is 0 Å². The van der Waals surface area contributed by atoms with E-state index in [-0.39, 0.29) is 31.0 Å². The Labute approximate surface area is 272 Å². The van der Waals surface area contributed by atoms with E-state index >= 15 is 0 Å². The van der Waals surface area contributed by atoms with Crippen LogP contribution in [0, 0.1) is 6.92 Å². The molecule has 1 heterocycles. The van der Waals surface area contributed by atoms with Crippen LogP contribution in [0.3, 0.4) is 0 Å². The molecule has 10 nitrogen and oxygen atoms in total. The quantitative estimate of drug-likeness (QED) is 0.166. The SMILES string of the molecule is COc1ccc(Cn2ccc(C)c(NC(=O)C(Cc3ccc(CS(=O)(=O)O)cc3)NC(=O)Cc3cccc4ccccc34)c2=O)cc1. The number of aryl methyl sites for hydroxylation is 1. The van der Waals surface area contributed by atoms with E-state index in [4.69, 9.17) is 4.74 Å². The van der Waals surface area contributed by atoms with Gasteiger partial charge in [-0.25, -0.2) is 0 Å². The van der Waals surface area contributed by atoms with Crippen LogP contribution in [-0.4, -0.2) is 42.5 Å². The van der Waals surface area contributed by atoms with Crippen LogP contribution in [0.4, 0.5) is 5.69 Å². The maximum absolute atomic E-state index is 13.8. The Morgan fingerprint density at radius 1 is 0.872 bits per heavy atom. The lowest BCUT2D eigenvalue weighted by molar-refractivity contribution is -0.126. The average Bonchev–Trinajstić information content (AvgIpc) is 3.04. The summed E-state index contributed by atoms with van der Waals surface area (Å²) in [6.45, 7) is 1.99. The summed E-state index contributed by atoms with van der Waals surface area (Å²) in [5.41, 5.74) is 2.93. The number of aromatic nitrogens is 1. The van der Waals surface area contributed by atoms with Gasteiger partial charge in [-0.3, -0.25) is 18.9 Å². The van der Waals surface area contributed by atoms with E-state index in [1.807, 2.05) is 54.6 Å². The first-order chi connectivity index (χ1) is 22.5. The number of fused-ring (bicyclic) bond motifs is 1. The van der Waals surface area contributed by atoms with Crippen molar-refractivity contribution in [3.8, 4) is 5.75 Å². The molecule has 0 aliphatic heterocycles. The summed E-state index contributed by atoms with van der Waals surface area (Å²) >= 11 is 0. The number of hydrogen-bond acceptors (Lipinski definition) is 6. The second kappa shape index (κ2) is 14.4. The third-order valence-electron chi connectivity index (χ3n) is 7.83. The Morgan fingerprint density at radius 3 is 2.23 bits per heavy atom. The maximum Gasteiger partial charge on any atom is 0.274 e. The van der Waals surface area contributed by atoms with E-state index in [2.05, 4.69) is 10.6 Å². The highest BCUT2D eigenvalue weighted by Crippen LogP contribution is 2.20. The molecule has 1 atom stereocenters. The average molecular weight is 654 g/mol. The molecule has 5 aromatic rings. The topological polar surface area (TPSA) is 144 Å².